The lowest BCUT2D eigenvalue weighted by Crippen LogP contribution is -2.24. The molecule has 0 spiro atoms. The van der Waals surface area contributed by atoms with Crippen LogP contribution in [0.2, 0.25) is 0 Å². The van der Waals surface area contributed by atoms with Gasteiger partial charge in [0.15, 0.2) is 0 Å². The highest BCUT2D eigenvalue weighted by molar-refractivity contribution is 7.11. The fraction of sp³-hybridized carbons (Fsp3) is 0.167. The molecule has 17 heavy (non-hydrogen) atoms. The second-order valence-electron chi connectivity index (χ2n) is 4.06. The molecule has 1 aromatic heterocycles. The molecule has 0 saturated heterocycles. The van der Waals surface area contributed by atoms with Gasteiger partial charge in [0, 0.05) is 18.8 Å². The van der Waals surface area contributed by atoms with Crippen molar-refractivity contribution in [1.29, 1.82) is 0 Å². The minimum absolute atomic E-state index is 0.0438. The summed E-state index contributed by atoms with van der Waals surface area (Å²) in [4.78, 5) is 18.6. The summed E-state index contributed by atoms with van der Waals surface area (Å²) >= 11 is 1.37. The molecule has 0 saturated carbocycles. The number of benzene rings is 1. The van der Waals surface area contributed by atoms with Crippen molar-refractivity contribution in [2.45, 2.75) is 13.1 Å². The molecule has 5 heteroatoms. The number of nitrogen functional groups attached to an aromatic ring is 1. The van der Waals surface area contributed by atoms with Gasteiger partial charge in [-0.3, -0.25) is 9.78 Å². The number of amides is 1. The normalized spacial score (nSPS) is 13.8. The molecule has 2 N–H and O–H groups in total. The number of aromatic nitrogens is 1. The topological polar surface area (TPSA) is 59.2 Å². The molecule has 0 atom stereocenters. The number of fused-ring (bicyclic) bond motifs is 1. The highest BCUT2D eigenvalue weighted by Gasteiger charge is 2.24. The molecular formula is C12H11N3OS. The van der Waals surface area contributed by atoms with Crippen LogP contribution in [0.25, 0.3) is 0 Å². The molecule has 2 aromatic rings. The Morgan fingerprint density at radius 1 is 1.35 bits per heavy atom. The van der Waals surface area contributed by atoms with Crippen LogP contribution in [0.15, 0.2) is 29.9 Å². The third-order valence-electron chi connectivity index (χ3n) is 2.88. The maximum absolute atomic E-state index is 12.1. The van der Waals surface area contributed by atoms with Crippen molar-refractivity contribution in [2.24, 2.45) is 0 Å². The summed E-state index contributed by atoms with van der Waals surface area (Å²) in [7, 11) is 0. The van der Waals surface area contributed by atoms with Gasteiger partial charge in [0.05, 0.1) is 11.7 Å². The van der Waals surface area contributed by atoms with E-state index < -0.39 is 0 Å². The second kappa shape index (κ2) is 3.85. The summed E-state index contributed by atoms with van der Waals surface area (Å²) in [6, 6.07) is 5.80. The number of carbonyl (C=O) groups is 1. The van der Waals surface area contributed by atoms with Gasteiger partial charge >= 0.3 is 0 Å². The van der Waals surface area contributed by atoms with E-state index in [2.05, 4.69) is 4.98 Å². The molecule has 1 amide bonds. The molecule has 4 nitrogen and oxygen atoms in total. The first-order valence-electron chi connectivity index (χ1n) is 5.29. The van der Waals surface area contributed by atoms with Crippen molar-refractivity contribution in [3.05, 3.63) is 45.9 Å². The summed E-state index contributed by atoms with van der Waals surface area (Å²) in [6.45, 7) is 1.30. The Bertz CT molecular complexity index is 565. The van der Waals surface area contributed by atoms with Crippen LogP contribution in [0.5, 0.6) is 0 Å². The molecule has 2 heterocycles. The molecule has 1 aliphatic heterocycles. The van der Waals surface area contributed by atoms with E-state index in [0.29, 0.717) is 18.0 Å². The zero-order chi connectivity index (χ0) is 11.8. The lowest BCUT2D eigenvalue weighted by atomic mass is 10.1. The van der Waals surface area contributed by atoms with Crippen LogP contribution in [-0.2, 0) is 13.1 Å². The Hall–Kier alpha value is -1.88. The first-order chi connectivity index (χ1) is 8.24. The summed E-state index contributed by atoms with van der Waals surface area (Å²) in [5, 5.41) is 0. The van der Waals surface area contributed by atoms with Crippen molar-refractivity contribution in [1.82, 2.24) is 9.88 Å². The van der Waals surface area contributed by atoms with Crippen LogP contribution >= 0.6 is 11.3 Å². The predicted octanol–water partition coefficient (Wildman–Crippen LogP) is 1.88. The largest absolute Gasteiger partial charge is 0.399 e. The molecule has 1 aromatic carbocycles. The molecular weight excluding hydrogens is 234 g/mol. The molecule has 1 aliphatic rings. The average Bonchev–Trinajstić information content (AvgIpc) is 2.96. The van der Waals surface area contributed by atoms with Gasteiger partial charge in [0.1, 0.15) is 4.88 Å². The van der Waals surface area contributed by atoms with Crippen molar-refractivity contribution in [3.63, 3.8) is 0 Å². The van der Waals surface area contributed by atoms with Crippen LogP contribution in [0.3, 0.4) is 0 Å². The molecule has 0 radical (unpaired) electrons. The van der Waals surface area contributed by atoms with Gasteiger partial charge in [0.2, 0.25) is 0 Å². The SMILES string of the molecule is Nc1ccc2c(c1)CN(C(=O)c1cncs1)C2. The lowest BCUT2D eigenvalue weighted by molar-refractivity contribution is 0.0756. The smallest absolute Gasteiger partial charge is 0.266 e. The summed E-state index contributed by atoms with van der Waals surface area (Å²) in [5.41, 5.74) is 10.5. The summed E-state index contributed by atoms with van der Waals surface area (Å²) in [5.74, 6) is 0.0438. The Balaban J connectivity index is 1.85. The first-order valence-corrected chi connectivity index (χ1v) is 6.17. The number of carbonyl (C=O) groups excluding carboxylic acids is 1. The minimum atomic E-state index is 0.0438. The van der Waals surface area contributed by atoms with E-state index in [1.54, 1.807) is 11.7 Å². The van der Waals surface area contributed by atoms with Crippen LogP contribution in [0.1, 0.15) is 20.8 Å². The van der Waals surface area contributed by atoms with Crippen LogP contribution in [0.4, 0.5) is 5.69 Å². The van der Waals surface area contributed by atoms with E-state index >= 15 is 0 Å². The van der Waals surface area contributed by atoms with Gasteiger partial charge in [-0.2, -0.15) is 0 Å². The van der Waals surface area contributed by atoms with E-state index in [4.69, 9.17) is 5.73 Å². The van der Waals surface area contributed by atoms with Crippen molar-refractivity contribution >= 4 is 22.9 Å². The first kappa shape index (κ1) is 10.3. The highest BCUT2D eigenvalue weighted by atomic mass is 32.1. The molecule has 0 fully saturated rings. The third-order valence-corrected chi connectivity index (χ3v) is 3.64. The standard InChI is InChI=1S/C12H11N3OS/c13-10-2-1-8-5-15(6-9(8)3-10)12(16)11-4-14-7-17-11/h1-4,7H,5-6,13H2. The third kappa shape index (κ3) is 1.78. The van der Waals surface area contributed by atoms with Crippen molar-refractivity contribution < 1.29 is 4.79 Å². The van der Waals surface area contributed by atoms with Gasteiger partial charge in [-0.25, -0.2) is 0 Å². The Kier molecular flexibility index (Phi) is 2.33. The van der Waals surface area contributed by atoms with E-state index in [9.17, 15) is 4.79 Å². The van der Waals surface area contributed by atoms with E-state index in [1.165, 1.54) is 16.9 Å². The highest BCUT2D eigenvalue weighted by Crippen LogP contribution is 2.26. The van der Waals surface area contributed by atoms with Gasteiger partial charge in [-0.05, 0) is 23.3 Å². The van der Waals surface area contributed by atoms with E-state index in [1.807, 2.05) is 23.1 Å². The zero-order valence-corrected chi connectivity index (χ0v) is 9.91. The number of nitrogens with two attached hydrogens (primary N) is 1. The Labute approximate surface area is 103 Å². The monoisotopic (exact) mass is 245 g/mol. The average molecular weight is 245 g/mol. The number of hydrogen-bond donors (Lipinski definition) is 1. The number of nitrogens with zero attached hydrogens (tertiary/aromatic N) is 2. The van der Waals surface area contributed by atoms with E-state index in [-0.39, 0.29) is 5.91 Å². The van der Waals surface area contributed by atoms with Gasteiger partial charge in [0.25, 0.3) is 5.91 Å². The quantitative estimate of drug-likeness (QED) is 0.780. The lowest BCUT2D eigenvalue weighted by Gasteiger charge is -2.13. The summed E-state index contributed by atoms with van der Waals surface area (Å²) < 4.78 is 0. The Morgan fingerprint density at radius 3 is 2.94 bits per heavy atom. The summed E-state index contributed by atoms with van der Waals surface area (Å²) in [6.07, 6.45) is 1.62. The van der Waals surface area contributed by atoms with Crippen LogP contribution < -0.4 is 5.73 Å². The van der Waals surface area contributed by atoms with Gasteiger partial charge < -0.3 is 10.6 Å². The number of thiazole rings is 1. The maximum atomic E-state index is 12.1. The Morgan fingerprint density at radius 2 is 2.18 bits per heavy atom. The van der Waals surface area contributed by atoms with E-state index in [0.717, 1.165) is 11.3 Å². The predicted molar refractivity (Wildman–Crippen MR) is 66.5 cm³/mol. The maximum Gasteiger partial charge on any atom is 0.266 e. The second-order valence-corrected chi connectivity index (χ2v) is 4.94. The fourth-order valence-electron chi connectivity index (χ4n) is 2.04. The van der Waals surface area contributed by atoms with Crippen LogP contribution in [-0.4, -0.2) is 15.8 Å². The zero-order valence-electron chi connectivity index (χ0n) is 9.09. The minimum Gasteiger partial charge on any atom is -0.399 e. The number of hydrogen-bond acceptors (Lipinski definition) is 4. The molecule has 0 unspecified atom stereocenters. The number of rotatable bonds is 1. The molecule has 3 rings (SSSR count). The molecule has 0 bridgehead atoms. The van der Waals surface area contributed by atoms with Gasteiger partial charge in [-0.1, -0.05) is 6.07 Å². The fourth-order valence-corrected chi connectivity index (χ4v) is 2.62. The number of anilines is 1. The van der Waals surface area contributed by atoms with Crippen molar-refractivity contribution in [2.75, 3.05) is 5.73 Å². The van der Waals surface area contributed by atoms with Crippen molar-refractivity contribution in [3.8, 4) is 0 Å². The molecule has 86 valence electrons. The van der Waals surface area contributed by atoms with Gasteiger partial charge in [-0.15, -0.1) is 11.3 Å². The van der Waals surface area contributed by atoms with Crippen LogP contribution in [0, 0.1) is 0 Å². The molecule has 0 aliphatic carbocycles.